The standard InChI is InChI=1S/C15H15ClN2O3/c1-18(9-10-4-3-5-12(6-10)21-2)14-13(16)7-11(8-17-14)15(19)20/h3-8H,9H2,1-2H3,(H,19,20). The van der Waals surface area contributed by atoms with E-state index in [4.69, 9.17) is 21.4 Å². The van der Waals surface area contributed by atoms with E-state index in [2.05, 4.69) is 4.98 Å². The maximum atomic E-state index is 10.9. The average molecular weight is 307 g/mol. The number of hydrogen-bond acceptors (Lipinski definition) is 4. The summed E-state index contributed by atoms with van der Waals surface area (Å²) < 4.78 is 5.18. The predicted octanol–water partition coefficient (Wildman–Crippen LogP) is 3.08. The molecule has 0 spiro atoms. The van der Waals surface area contributed by atoms with Crippen LogP contribution in [0.2, 0.25) is 5.02 Å². The van der Waals surface area contributed by atoms with Gasteiger partial charge in [-0.1, -0.05) is 23.7 Å². The predicted molar refractivity (Wildman–Crippen MR) is 81.3 cm³/mol. The molecule has 0 unspecified atom stereocenters. The first-order chi connectivity index (χ1) is 10.0. The van der Waals surface area contributed by atoms with Crippen molar-refractivity contribution >= 4 is 23.4 Å². The average Bonchev–Trinajstić information content (AvgIpc) is 2.47. The number of anilines is 1. The third-order valence-corrected chi connectivity index (χ3v) is 3.26. The van der Waals surface area contributed by atoms with Crippen molar-refractivity contribution in [1.29, 1.82) is 0 Å². The first kappa shape index (κ1) is 15.1. The van der Waals surface area contributed by atoms with Crippen molar-refractivity contribution in [2.75, 3.05) is 19.1 Å². The van der Waals surface area contributed by atoms with Gasteiger partial charge >= 0.3 is 5.97 Å². The summed E-state index contributed by atoms with van der Waals surface area (Å²) in [5.74, 6) is 0.261. The fraction of sp³-hybridized carbons (Fsp3) is 0.200. The van der Waals surface area contributed by atoms with Crippen LogP contribution in [0.4, 0.5) is 5.82 Å². The van der Waals surface area contributed by atoms with Crippen molar-refractivity contribution in [2.45, 2.75) is 6.54 Å². The van der Waals surface area contributed by atoms with Gasteiger partial charge in [0.05, 0.1) is 17.7 Å². The lowest BCUT2D eigenvalue weighted by atomic mass is 10.2. The number of rotatable bonds is 5. The lowest BCUT2D eigenvalue weighted by molar-refractivity contribution is 0.0696. The largest absolute Gasteiger partial charge is 0.497 e. The minimum absolute atomic E-state index is 0.0681. The number of aromatic nitrogens is 1. The number of carboxylic acid groups (broad SMARTS) is 1. The number of halogens is 1. The zero-order chi connectivity index (χ0) is 15.4. The van der Waals surface area contributed by atoms with Gasteiger partial charge in [0, 0.05) is 19.8 Å². The van der Waals surface area contributed by atoms with Crippen molar-refractivity contribution in [2.24, 2.45) is 0 Å². The molecular formula is C15H15ClN2O3. The first-order valence-corrected chi connectivity index (χ1v) is 6.62. The summed E-state index contributed by atoms with van der Waals surface area (Å²) >= 11 is 6.10. The summed E-state index contributed by atoms with van der Waals surface area (Å²) in [5, 5.41) is 9.21. The van der Waals surface area contributed by atoms with Crippen molar-refractivity contribution in [3.8, 4) is 5.75 Å². The Kier molecular flexibility index (Phi) is 4.65. The summed E-state index contributed by atoms with van der Waals surface area (Å²) in [5.41, 5.74) is 1.11. The van der Waals surface area contributed by atoms with Crippen LogP contribution in [0.15, 0.2) is 36.5 Å². The Balaban J connectivity index is 2.19. The Morgan fingerprint density at radius 1 is 1.43 bits per heavy atom. The van der Waals surface area contributed by atoms with Gasteiger partial charge in [-0.15, -0.1) is 0 Å². The summed E-state index contributed by atoms with van der Waals surface area (Å²) in [7, 11) is 3.46. The number of aromatic carboxylic acids is 1. The molecule has 2 aromatic rings. The van der Waals surface area contributed by atoms with Crippen LogP contribution in [0, 0.1) is 0 Å². The molecule has 2 rings (SSSR count). The van der Waals surface area contributed by atoms with Gasteiger partial charge in [-0.2, -0.15) is 0 Å². The SMILES string of the molecule is COc1cccc(CN(C)c2ncc(C(=O)O)cc2Cl)c1. The van der Waals surface area contributed by atoms with E-state index in [0.29, 0.717) is 17.4 Å². The van der Waals surface area contributed by atoms with E-state index in [1.54, 1.807) is 7.11 Å². The third-order valence-electron chi connectivity index (χ3n) is 2.98. The molecule has 0 fully saturated rings. The number of carbonyl (C=O) groups is 1. The second-order valence-corrected chi connectivity index (χ2v) is 4.95. The van der Waals surface area contributed by atoms with Gasteiger partial charge in [-0.05, 0) is 23.8 Å². The Labute approximate surface area is 127 Å². The van der Waals surface area contributed by atoms with E-state index in [0.717, 1.165) is 11.3 Å². The number of ether oxygens (including phenoxy) is 1. The molecule has 0 aliphatic carbocycles. The quantitative estimate of drug-likeness (QED) is 0.919. The Morgan fingerprint density at radius 3 is 2.81 bits per heavy atom. The zero-order valence-corrected chi connectivity index (χ0v) is 12.5. The number of pyridine rings is 1. The van der Waals surface area contributed by atoms with Crippen molar-refractivity contribution in [3.63, 3.8) is 0 Å². The summed E-state index contributed by atoms with van der Waals surface area (Å²) in [4.78, 5) is 16.8. The molecule has 21 heavy (non-hydrogen) atoms. The number of benzene rings is 1. The Bertz CT molecular complexity index is 661. The minimum Gasteiger partial charge on any atom is -0.497 e. The van der Waals surface area contributed by atoms with Crippen LogP contribution in [0.3, 0.4) is 0 Å². The van der Waals surface area contributed by atoms with Gasteiger partial charge in [-0.25, -0.2) is 9.78 Å². The number of carboxylic acids is 1. The molecular weight excluding hydrogens is 292 g/mol. The molecule has 0 aliphatic rings. The van der Waals surface area contributed by atoms with Gasteiger partial charge in [0.25, 0.3) is 0 Å². The first-order valence-electron chi connectivity index (χ1n) is 6.24. The second kappa shape index (κ2) is 6.45. The molecule has 0 atom stereocenters. The van der Waals surface area contributed by atoms with Crippen LogP contribution >= 0.6 is 11.6 Å². The van der Waals surface area contributed by atoms with E-state index in [1.165, 1.54) is 12.3 Å². The zero-order valence-electron chi connectivity index (χ0n) is 11.7. The number of hydrogen-bond donors (Lipinski definition) is 1. The van der Waals surface area contributed by atoms with Gasteiger partial charge in [0.2, 0.25) is 0 Å². The van der Waals surface area contributed by atoms with Crippen molar-refractivity contribution in [1.82, 2.24) is 4.98 Å². The van der Waals surface area contributed by atoms with E-state index in [9.17, 15) is 4.79 Å². The normalized spacial score (nSPS) is 10.2. The van der Waals surface area contributed by atoms with E-state index < -0.39 is 5.97 Å². The fourth-order valence-corrected chi connectivity index (χ4v) is 2.26. The topological polar surface area (TPSA) is 62.7 Å². The molecule has 0 aliphatic heterocycles. The monoisotopic (exact) mass is 306 g/mol. The lowest BCUT2D eigenvalue weighted by Crippen LogP contribution is -2.18. The summed E-state index contributed by atoms with van der Waals surface area (Å²) in [6, 6.07) is 9.07. The van der Waals surface area contributed by atoms with Gasteiger partial charge in [-0.3, -0.25) is 0 Å². The van der Waals surface area contributed by atoms with Crippen LogP contribution in [-0.2, 0) is 6.54 Å². The van der Waals surface area contributed by atoms with Gasteiger partial charge in [0.1, 0.15) is 11.6 Å². The molecule has 0 radical (unpaired) electrons. The highest BCUT2D eigenvalue weighted by molar-refractivity contribution is 6.33. The molecule has 110 valence electrons. The summed E-state index contributed by atoms with van der Waals surface area (Å²) in [6.07, 6.45) is 1.30. The van der Waals surface area contributed by atoms with Gasteiger partial charge < -0.3 is 14.7 Å². The molecule has 0 bridgehead atoms. The molecule has 5 nitrogen and oxygen atoms in total. The number of methoxy groups -OCH3 is 1. The van der Waals surface area contributed by atoms with Crippen molar-refractivity contribution in [3.05, 3.63) is 52.7 Å². The smallest absolute Gasteiger partial charge is 0.337 e. The highest BCUT2D eigenvalue weighted by Crippen LogP contribution is 2.25. The maximum Gasteiger partial charge on any atom is 0.337 e. The fourth-order valence-electron chi connectivity index (χ4n) is 1.95. The molecule has 1 heterocycles. The lowest BCUT2D eigenvalue weighted by Gasteiger charge is -2.19. The van der Waals surface area contributed by atoms with E-state index in [-0.39, 0.29) is 5.56 Å². The van der Waals surface area contributed by atoms with Crippen LogP contribution in [0.5, 0.6) is 5.75 Å². The Morgan fingerprint density at radius 2 is 2.19 bits per heavy atom. The summed E-state index contributed by atoms with van der Waals surface area (Å²) in [6.45, 7) is 0.580. The molecule has 1 N–H and O–H groups in total. The molecule has 0 saturated carbocycles. The third kappa shape index (κ3) is 3.64. The minimum atomic E-state index is -1.05. The second-order valence-electron chi connectivity index (χ2n) is 4.54. The number of nitrogens with zero attached hydrogens (tertiary/aromatic N) is 2. The maximum absolute atomic E-state index is 10.9. The molecule has 0 saturated heterocycles. The molecule has 6 heteroatoms. The molecule has 0 amide bonds. The van der Waals surface area contributed by atoms with Crippen LogP contribution < -0.4 is 9.64 Å². The van der Waals surface area contributed by atoms with Crippen molar-refractivity contribution < 1.29 is 14.6 Å². The highest BCUT2D eigenvalue weighted by atomic mass is 35.5. The highest BCUT2D eigenvalue weighted by Gasteiger charge is 2.12. The van der Waals surface area contributed by atoms with Crippen LogP contribution in [0.1, 0.15) is 15.9 Å². The van der Waals surface area contributed by atoms with E-state index in [1.807, 2.05) is 36.2 Å². The van der Waals surface area contributed by atoms with Crippen LogP contribution in [0.25, 0.3) is 0 Å². The van der Waals surface area contributed by atoms with Crippen LogP contribution in [-0.4, -0.2) is 30.2 Å². The molecule has 1 aromatic carbocycles. The molecule has 1 aromatic heterocycles. The van der Waals surface area contributed by atoms with Gasteiger partial charge in [0.15, 0.2) is 0 Å². The Hall–Kier alpha value is -2.27. The van der Waals surface area contributed by atoms with E-state index >= 15 is 0 Å².